The molecule has 0 aromatic heterocycles. The third-order valence-corrected chi connectivity index (χ3v) is 3.23. The van der Waals surface area contributed by atoms with Crippen molar-refractivity contribution < 1.29 is 4.74 Å². The summed E-state index contributed by atoms with van der Waals surface area (Å²) in [6.07, 6.45) is 1.04. The predicted molar refractivity (Wildman–Crippen MR) is 78.6 cm³/mol. The van der Waals surface area contributed by atoms with Gasteiger partial charge in [-0.15, -0.1) is 0 Å². The van der Waals surface area contributed by atoms with Gasteiger partial charge in [0.1, 0.15) is 11.8 Å². The minimum absolute atomic E-state index is 0.562. The predicted octanol–water partition coefficient (Wildman–Crippen LogP) is 2.71. The first-order valence-corrected chi connectivity index (χ1v) is 6.60. The number of hydrogen-bond donors (Lipinski definition) is 1. The highest BCUT2D eigenvalue weighted by Crippen LogP contribution is 2.21. The normalized spacial score (nSPS) is 10.6. The maximum Gasteiger partial charge on any atom is 0.121 e. The summed E-state index contributed by atoms with van der Waals surface area (Å²) < 4.78 is 5.17. The molecule has 0 aliphatic heterocycles. The van der Waals surface area contributed by atoms with Crippen LogP contribution in [0.4, 0.5) is 5.69 Å². The molecule has 0 heterocycles. The Hall–Kier alpha value is -1.73. The Labute approximate surface area is 116 Å². The van der Waals surface area contributed by atoms with Crippen molar-refractivity contribution in [3.63, 3.8) is 0 Å². The van der Waals surface area contributed by atoms with Gasteiger partial charge in [-0.3, -0.25) is 0 Å². The molecule has 0 bridgehead atoms. The Bertz CT molecular complexity index is 438. The number of hydrogen-bond acceptors (Lipinski definition) is 4. The van der Waals surface area contributed by atoms with Gasteiger partial charge in [-0.2, -0.15) is 5.26 Å². The Morgan fingerprint density at radius 3 is 2.74 bits per heavy atom. The molecule has 0 radical (unpaired) electrons. The molecule has 1 rings (SSSR count). The summed E-state index contributed by atoms with van der Waals surface area (Å²) in [6, 6.07) is 8.19. The molecule has 0 aliphatic carbocycles. The molecule has 1 aromatic rings. The van der Waals surface area contributed by atoms with Crippen molar-refractivity contribution >= 4 is 5.69 Å². The third kappa shape index (κ3) is 4.80. The van der Waals surface area contributed by atoms with Crippen molar-refractivity contribution in [1.82, 2.24) is 4.90 Å². The molecular weight excluding hydrogens is 238 g/mol. The number of nitriles is 1. The molecule has 0 unspecified atom stereocenters. The van der Waals surface area contributed by atoms with Gasteiger partial charge in [-0.05, 0) is 46.0 Å². The van der Waals surface area contributed by atoms with Crippen molar-refractivity contribution in [3.05, 3.63) is 23.8 Å². The van der Waals surface area contributed by atoms with Crippen LogP contribution in [0, 0.1) is 11.3 Å². The lowest BCUT2D eigenvalue weighted by molar-refractivity contribution is 0.273. The molecule has 0 aliphatic rings. The van der Waals surface area contributed by atoms with Gasteiger partial charge in [0.2, 0.25) is 0 Å². The Morgan fingerprint density at radius 2 is 2.16 bits per heavy atom. The molecule has 0 fully saturated rings. The average molecular weight is 261 g/mol. The second-order valence-corrected chi connectivity index (χ2v) is 4.88. The molecule has 1 aromatic carbocycles. The van der Waals surface area contributed by atoms with Crippen LogP contribution in [0.3, 0.4) is 0 Å². The van der Waals surface area contributed by atoms with Crippen LogP contribution in [-0.2, 0) is 0 Å². The lowest BCUT2D eigenvalue weighted by Gasteiger charge is -2.21. The fourth-order valence-electron chi connectivity index (χ4n) is 1.70. The Morgan fingerprint density at radius 1 is 1.42 bits per heavy atom. The molecule has 0 saturated heterocycles. The van der Waals surface area contributed by atoms with Crippen molar-refractivity contribution in [1.29, 1.82) is 5.26 Å². The molecule has 0 spiro atoms. The fraction of sp³-hybridized carbons (Fsp3) is 0.533. The van der Waals surface area contributed by atoms with Crippen LogP contribution in [0.1, 0.15) is 25.8 Å². The number of methoxy groups -OCH3 is 1. The standard InChI is InChI=1S/C15H23N3O/c1-12(2)18(3)9-5-8-17-15-10-14(19-4)7-6-13(15)11-16/h6-7,10,12,17H,5,8-9H2,1-4H3. The Kier molecular flexibility index (Phi) is 6.17. The maximum atomic E-state index is 9.06. The van der Waals surface area contributed by atoms with E-state index < -0.39 is 0 Å². The highest BCUT2D eigenvalue weighted by atomic mass is 16.5. The molecule has 19 heavy (non-hydrogen) atoms. The monoisotopic (exact) mass is 261 g/mol. The van der Waals surface area contributed by atoms with Crippen molar-refractivity contribution in [2.75, 3.05) is 32.6 Å². The highest BCUT2D eigenvalue weighted by molar-refractivity contribution is 5.60. The van der Waals surface area contributed by atoms with Crippen LogP contribution in [0.15, 0.2) is 18.2 Å². The smallest absolute Gasteiger partial charge is 0.121 e. The third-order valence-electron chi connectivity index (χ3n) is 3.23. The van der Waals surface area contributed by atoms with Crippen LogP contribution >= 0.6 is 0 Å². The van der Waals surface area contributed by atoms with E-state index in [0.29, 0.717) is 11.6 Å². The zero-order valence-electron chi connectivity index (χ0n) is 12.2. The number of rotatable bonds is 7. The largest absolute Gasteiger partial charge is 0.497 e. The average Bonchev–Trinajstić information content (AvgIpc) is 2.42. The zero-order valence-corrected chi connectivity index (χ0v) is 12.2. The van der Waals surface area contributed by atoms with E-state index in [-0.39, 0.29) is 0 Å². The van der Waals surface area contributed by atoms with E-state index in [9.17, 15) is 0 Å². The molecule has 1 N–H and O–H groups in total. The van der Waals surface area contributed by atoms with Crippen LogP contribution < -0.4 is 10.1 Å². The van der Waals surface area contributed by atoms with E-state index in [1.165, 1.54) is 0 Å². The SMILES string of the molecule is COc1ccc(C#N)c(NCCCN(C)C(C)C)c1. The summed E-state index contributed by atoms with van der Waals surface area (Å²) in [4.78, 5) is 2.30. The van der Waals surface area contributed by atoms with E-state index in [0.717, 1.165) is 30.9 Å². The van der Waals surface area contributed by atoms with Gasteiger partial charge in [-0.1, -0.05) is 0 Å². The van der Waals surface area contributed by atoms with E-state index in [1.807, 2.05) is 6.07 Å². The van der Waals surface area contributed by atoms with E-state index in [2.05, 4.69) is 37.2 Å². The highest BCUT2D eigenvalue weighted by Gasteiger charge is 2.05. The van der Waals surface area contributed by atoms with Crippen molar-refractivity contribution in [2.24, 2.45) is 0 Å². The second-order valence-electron chi connectivity index (χ2n) is 4.88. The molecule has 0 atom stereocenters. The van der Waals surface area contributed by atoms with Crippen LogP contribution in [-0.4, -0.2) is 38.2 Å². The number of ether oxygens (including phenoxy) is 1. The number of anilines is 1. The Balaban J connectivity index is 2.51. The fourth-order valence-corrected chi connectivity index (χ4v) is 1.70. The molecule has 4 heteroatoms. The van der Waals surface area contributed by atoms with E-state index in [1.54, 1.807) is 19.2 Å². The summed E-state index contributed by atoms with van der Waals surface area (Å²) in [5.74, 6) is 0.765. The van der Waals surface area contributed by atoms with Crippen LogP contribution in [0.2, 0.25) is 0 Å². The zero-order chi connectivity index (χ0) is 14.3. The first-order chi connectivity index (χ1) is 9.08. The van der Waals surface area contributed by atoms with Gasteiger partial charge in [0.15, 0.2) is 0 Å². The van der Waals surface area contributed by atoms with E-state index in [4.69, 9.17) is 10.00 Å². The summed E-state index contributed by atoms with van der Waals surface area (Å²) in [6.45, 7) is 6.25. The molecule has 0 amide bonds. The second kappa shape index (κ2) is 7.65. The first-order valence-electron chi connectivity index (χ1n) is 6.60. The van der Waals surface area contributed by atoms with Gasteiger partial charge >= 0.3 is 0 Å². The van der Waals surface area contributed by atoms with E-state index >= 15 is 0 Å². The van der Waals surface area contributed by atoms with Gasteiger partial charge in [0, 0.05) is 18.7 Å². The summed E-state index contributed by atoms with van der Waals surface area (Å²) in [5.41, 5.74) is 1.49. The van der Waals surface area contributed by atoms with Crippen molar-refractivity contribution in [3.8, 4) is 11.8 Å². The number of benzene rings is 1. The molecular formula is C15H23N3O. The first kappa shape index (κ1) is 15.3. The number of nitrogens with zero attached hydrogens (tertiary/aromatic N) is 2. The molecule has 104 valence electrons. The minimum Gasteiger partial charge on any atom is -0.497 e. The lowest BCUT2D eigenvalue weighted by Crippen LogP contribution is -2.28. The van der Waals surface area contributed by atoms with Crippen LogP contribution in [0.5, 0.6) is 5.75 Å². The quantitative estimate of drug-likeness (QED) is 0.767. The van der Waals surface area contributed by atoms with Crippen molar-refractivity contribution in [2.45, 2.75) is 26.3 Å². The summed E-state index contributed by atoms with van der Waals surface area (Å²) >= 11 is 0. The summed E-state index contributed by atoms with van der Waals surface area (Å²) in [7, 11) is 3.75. The van der Waals surface area contributed by atoms with Crippen LogP contribution in [0.25, 0.3) is 0 Å². The molecule has 0 saturated carbocycles. The maximum absolute atomic E-state index is 9.06. The van der Waals surface area contributed by atoms with Gasteiger partial charge in [-0.25, -0.2) is 0 Å². The molecule has 4 nitrogen and oxygen atoms in total. The van der Waals surface area contributed by atoms with Gasteiger partial charge < -0.3 is 15.0 Å². The summed E-state index contributed by atoms with van der Waals surface area (Å²) in [5, 5.41) is 12.4. The lowest BCUT2D eigenvalue weighted by atomic mass is 10.2. The minimum atomic E-state index is 0.562. The topological polar surface area (TPSA) is 48.3 Å². The van der Waals surface area contributed by atoms with Gasteiger partial charge in [0.05, 0.1) is 18.4 Å². The van der Waals surface area contributed by atoms with Gasteiger partial charge in [0.25, 0.3) is 0 Å². The number of nitrogens with one attached hydrogen (secondary N) is 1.